The lowest BCUT2D eigenvalue weighted by Crippen LogP contribution is -2.39. The Morgan fingerprint density at radius 2 is 2.10 bits per heavy atom. The van der Waals surface area contributed by atoms with Gasteiger partial charge in [-0.2, -0.15) is 0 Å². The largest absolute Gasteiger partial charge is 0.376 e. The minimum absolute atomic E-state index is 0.104. The molecule has 2 unspecified atom stereocenters. The Labute approximate surface area is 61.2 Å². The van der Waals surface area contributed by atoms with Crippen LogP contribution in [0.5, 0.6) is 0 Å². The highest BCUT2D eigenvalue weighted by molar-refractivity contribution is 4.88. The van der Waals surface area contributed by atoms with Gasteiger partial charge >= 0.3 is 0 Å². The van der Waals surface area contributed by atoms with Gasteiger partial charge < -0.3 is 5.11 Å². The van der Waals surface area contributed by atoms with Crippen LogP contribution in [0.3, 0.4) is 0 Å². The van der Waals surface area contributed by atoms with Crippen molar-refractivity contribution in [3.8, 4) is 0 Å². The van der Waals surface area contributed by atoms with Gasteiger partial charge in [0.25, 0.3) is 0 Å². The number of aliphatic hydroxyl groups excluding tert-OH is 1. The average molecular weight is 144 g/mol. The van der Waals surface area contributed by atoms with E-state index in [0.29, 0.717) is 0 Å². The third kappa shape index (κ3) is 1.05. The molecule has 1 rings (SSSR count). The highest BCUT2D eigenvalue weighted by atomic mass is 16.5. The Hall–Kier alpha value is -0.120. The Kier molecular flexibility index (Phi) is 1.75. The van der Waals surface area contributed by atoms with Gasteiger partial charge in [0.2, 0.25) is 0 Å². The molecular formula is C7H14NO2. The second kappa shape index (κ2) is 2.19. The van der Waals surface area contributed by atoms with E-state index in [1.54, 1.807) is 0 Å². The summed E-state index contributed by atoms with van der Waals surface area (Å²) >= 11 is 0. The van der Waals surface area contributed by atoms with E-state index in [1.807, 2.05) is 20.8 Å². The van der Waals surface area contributed by atoms with Crippen LogP contribution in [-0.2, 0) is 5.21 Å². The third-order valence-corrected chi connectivity index (χ3v) is 2.17. The Morgan fingerprint density at radius 3 is 2.20 bits per heavy atom. The molecule has 1 N–H and O–H groups in total. The van der Waals surface area contributed by atoms with Crippen LogP contribution < -0.4 is 0 Å². The maximum absolute atomic E-state index is 11.1. The summed E-state index contributed by atoms with van der Waals surface area (Å²) in [7, 11) is 0. The molecule has 59 valence electrons. The van der Waals surface area contributed by atoms with E-state index in [1.165, 1.54) is 0 Å². The Morgan fingerprint density at radius 1 is 1.60 bits per heavy atom. The fourth-order valence-electron chi connectivity index (χ4n) is 1.57. The summed E-state index contributed by atoms with van der Waals surface area (Å²) in [6, 6.07) is 0. The van der Waals surface area contributed by atoms with Crippen molar-refractivity contribution < 1.29 is 10.3 Å². The molecule has 1 fully saturated rings. The van der Waals surface area contributed by atoms with Crippen molar-refractivity contribution >= 4 is 0 Å². The third-order valence-electron chi connectivity index (χ3n) is 2.17. The first-order valence-corrected chi connectivity index (χ1v) is 3.60. The molecule has 2 atom stereocenters. The first-order valence-electron chi connectivity index (χ1n) is 3.60. The topological polar surface area (TPSA) is 43.4 Å². The predicted molar refractivity (Wildman–Crippen MR) is 36.4 cm³/mol. The number of aliphatic hydroxyl groups is 1. The van der Waals surface area contributed by atoms with Crippen LogP contribution in [-0.4, -0.2) is 21.9 Å². The van der Waals surface area contributed by atoms with E-state index in [4.69, 9.17) is 0 Å². The van der Waals surface area contributed by atoms with Crippen LogP contribution in [0.15, 0.2) is 0 Å². The molecule has 1 radical (unpaired) electrons. The lowest BCUT2D eigenvalue weighted by molar-refractivity contribution is -0.268. The van der Waals surface area contributed by atoms with Gasteiger partial charge in [0.15, 0.2) is 0 Å². The maximum atomic E-state index is 11.1. The number of hydrogen-bond donors (Lipinski definition) is 1. The van der Waals surface area contributed by atoms with Gasteiger partial charge in [-0.3, -0.25) is 0 Å². The van der Waals surface area contributed by atoms with Gasteiger partial charge in [-0.25, -0.2) is 0 Å². The Balaban J connectivity index is 2.71. The zero-order chi connectivity index (χ0) is 7.94. The number of rotatable bonds is 0. The van der Waals surface area contributed by atoms with Crippen LogP contribution in [0.25, 0.3) is 0 Å². The van der Waals surface area contributed by atoms with Gasteiger partial charge in [-0.05, 0) is 26.2 Å². The lowest BCUT2D eigenvalue weighted by Gasteiger charge is -2.23. The van der Waals surface area contributed by atoms with Crippen molar-refractivity contribution in [1.82, 2.24) is 5.06 Å². The summed E-state index contributed by atoms with van der Waals surface area (Å²) in [5.74, 6) is 0.104. The fraction of sp³-hybridized carbons (Fsp3) is 1.00. The summed E-state index contributed by atoms with van der Waals surface area (Å²) in [4.78, 5) is 0. The van der Waals surface area contributed by atoms with Gasteiger partial charge in [-0.15, -0.1) is 10.3 Å². The van der Waals surface area contributed by atoms with Gasteiger partial charge in [0.1, 0.15) is 6.23 Å². The molecular weight excluding hydrogens is 130 g/mol. The standard InChI is InChI=1S/C7H14NO2/c1-5-4-7(2,3)8(10)6(5)9/h5-6,9H,4H2,1-3H3. The maximum Gasteiger partial charge on any atom is 0.136 e. The Bertz CT molecular complexity index is 136. The molecule has 1 aliphatic rings. The van der Waals surface area contributed by atoms with E-state index in [9.17, 15) is 10.3 Å². The molecule has 0 aromatic carbocycles. The predicted octanol–water partition coefficient (Wildman–Crippen LogP) is 0.771. The minimum atomic E-state index is -0.796. The van der Waals surface area contributed by atoms with Crippen molar-refractivity contribution in [2.24, 2.45) is 5.92 Å². The minimum Gasteiger partial charge on any atom is -0.376 e. The quantitative estimate of drug-likeness (QED) is 0.545. The van der Waals surface area contributed by atoms with Gasteiger partial charge in [0, 0.05) is 5.54 Å². The number of hydrogen-bond acceptors (Lipinski definition) is 2. The molecule has 0 aliphatic carbocycles. The van der Waals surface area contributed by atoms with Crippen molar-refractivity contribution in [2.75, 3.05) is 0 Å². The summed E-state index contributed by atoms with van der Waals surface area (Å²) in [5.41, 5.74) is -0.376. The molecule has 0 spiro atoms. The zero-order valence-electron chi connectivity index (χ0n) is 6.66. The number of hydroxylamine groups is 2. The summed E-state index contributed by atoms with van der Waals surface area (Å²) in [5, 5.41) is 21.1. The van der Waals surface area contributed by atoms with Crippen LogP contribution in [0.2, 0.25) is 0 Å². The second-order valence-electron chi connectivity index (χ2n) is 3.73. The van der Waals surface area contributed by atoms with Crippen LogP contribution >= 0.6 is 0 Å². The monoisotopic (exact) mass is 144 g/mol. The van der Waals surface area contributed by atoms with Crippen molar-refractivity contribution in [1.29, 1.82) is 0 Å². The van der Waals surface area contributed by atoms with Crippen LogP contribution in [0, 0.1) is 5.92 Å². The second-order valence-corrected chi connectivity index (χ2v) is 3.73. The smallest absolute Gasteiger partial charge is 0.136 e. The van der Waals surface area contributed by atoms with Crippen molar-refractivity contribution in [2.45, 2.75) is 39.0 Å². The number of nitrogens with zero attached hydrogens (tertiary/aromatic N) is 1. The molecule has 3 nitrogen and oxygen atoms in total. The molecule has 0 aromatic heterocycles. The van der Waals surface area contributed by atoms with E-state index in [2.05, 4.69) is 0 Å². The van der Waals surface area contributed by atoms with E-state index >= 15 is 0 Å². The molecule has 0 saturated carbocycles. The zero-order valence-corrected chi connectivity index (χ0v) is 6.66. The first-order chi connectivity index (χ1) is 4.45. The molecule has 0 bridgehead atoms. The fourth-order valence-corrected chi connectivity index (χ4v) is 1.57. The van der Waals surface area contributed by atoms with E-state index in [-0.39, 0.29) is 11.5 Å². The van der Waals surface area contributed by atoms with Crippen LogP contribution in [0.1, 0.15) is 27.2 Å². The molecule has 1 heterocycles. The van der Waals surface area contributed by atoms with E-state index < -0.39 is 6.23 Å². The SMILES string of the molecule is CC1CC(C)(C)N([O])C1O. The average Bonchev–Trinajstić information content (AvgIpc) is 1.95. The first kappa shape index (κ1) is 7.98. The lowest BCUT2D eigenvalue weighted by atomic mass is 9.98. The van der Waals surface area contributed by atoms with Crippen molar-refractivity contribution in [3.05, 3.63) is 0 Å². The van der Waals surface area contributed by atoms with Gasteiger partial charge in [-0.1, -0.05) is 6.92 Å². The molecule has 1 saturated heterocycles. The molecule has 3 heteroatoms. The molecule has 0 aromatic rings. The van der Waals surface area contributed by atoms with Crippen molar-refractivity contribution in [3.63, 3.8) is 0 Å². The summed E-state index contributed by atoms with van der Waals surface area (Å²) in [6.07, 6.45) is -0.0208. The van der Waals surface area contributed by atoms with Crippen LogP contribution in [0.4, 0.5) is 0 Å². The van der Waals surface area contributed by atoms with E-state index in [0.717, 1.165) is 11.5 Å². The normalized spacial score (nSPS) is 40.5. The highest BCUT2D eigenvalue weighted by Crippen LogP contribution is 2.34. The molecule has 10 heavy (non-hydrogen) atoms. The molecule has 0 amide bonds. The van der Waals surface area contributed by atoms with Gasteiger partial charge in [0.05, 0.1) is 0 Å². The molecule has 1 aliphatic heterocycles. The summed E-state index contributed by atoms with van der Waals surface area (Å²) < 4.78 is 0. The highest BCUT2D eigenvalue weighted by Gasteiger charge is 2.43. The summed E-state index contributed by atoms with van der Waals surface area (Å²) in [6.45, 7) is 5.60.